The number of nitrogens with one attached hydrogen (secondary N) is 1. The van der Waals surface area contributed by atoms with Crippen LogP contribution >= 0.6 is 0 Å². The minimum absolute atomic E-state index is 0.227. The summed E-state index contributed by atoms with van der Waals surface area (Å²) in [5.74, 6) is 0.316. The van der Waals surface area contributed by atoms with E-state index in [1.807, 2.05) is 6.07 Å². The Morgan fingerprint density at radius 3 is 2.88 bits per heavy atom. The van der Waals surface area contributed by atoms with Crippen LogP contribution in [0.2, 0.25) is 0 Å². The fraction of sp³-hybridized carbons (Fsp3) is 0.154. The number of carbonyl (C=O) groups excluding carboxylic acids is 1. The summed E-state index contributed by atoms with van der Waals surface area (Å²) < 4.78 is 4.97. The fourth-order valence-electron chi connectivity index (χ4n) is 1.53. The van der Waals surface area contributed by atoms with Gasteiger partial charge in [0.1, 0.15) is 5.75 Å². The van der Waals surface area contributed by atoms with E-state index in [0.29, 0.717) is 18.7 Å². The first kappa shape index (κ1) is 11.3. The second-order valence-corrected chi connectivity index (χ2v) is 3.65. The number of carbonyl (C=O) groups is 1. The van der Waals surface area contributed by atoms with Crippen molar-refractivity contribution < 1.29 is 14.3 Å². The average molecular weight is 231 g/mol. The summed E-state index contributed by atoms with van der Waals surface area (Å²) in [7, 11) is 0. The summed E-state index contributed by atoms with van der Waals surface area (Å²) >= 11 is 0. The van der Waals surface area contributed by atoms with Crippen molar-refractivity contribution in [3.8, 4) is 5.75 Å². The number of rotatable bonds is 4. The molecule has 0 aliphatic heterocycles. The van der Waals surface area contributed by atoms with Crippen molar-refractivity contribution in [2.75, 3.05) is 6.54 Å². The third kappa shape index (κ3) is 3.11. The van der Waals surface area contributed by atoms with Gasteiger partial charge in [0.25, 0.3) is 5.91 Å². The molecule has 1 aromatic heterocycles. The zero-order valence-electron chi connectivity index (χ0n) is 9.22. The molecule has 0 spiro atoms. The molecule has 0 aliphatic carbocycles. The number of benzene rings is 1. The second-order valence-electron chi connectivity index (χ2n) is 3.65. The maximum atomic E-state index is 11.5. The molecule has 4 heteroatoms. The fourth-order valence-corrected chi connectivity index (χ4v) is 1.53. The Balaban J connectivity index is 1.82. The number of aromatic hydroxyl groups is 1. The molecule has 4 nitrogen and oxygen atoms in total. The topological polar surface area (TPSA) is 62.5 Å². The number of hydrogen-bond donors (Lipinski definition) is 2. The largest absolute Gasteiger partial charge is 0.508 e. The number of phenols is 1. The van der Waals surface area contributed by atoms with Gasteiger partial charge in [-0.3, -0.25) is 4.79 Å². The molecule has 88 valence electrons. The van der Waals surface area contributed by atoms with Crippen molar-refractivity contribution in [3.05, 3.63) is 54.0 Å². The van der Waals surface area contributed by atoms with E-state index in [-0.39, 0.29) is 11.7 Å². The van der Waals surface area contributed by atoms with E-state index in [4.69, 9.17) is 4.42 Å². The van der Waals surface area contributed by atoms with E-state index in [1.54, 1.807) is 30.3 Å². The van der Waals surface area contributed by atoms with Crippen LogP contribution in [0.15, 0.2) is 47.1 Å². The molecular formula is C13H13NO3. The Morgan fingerprint density at radius 1 is 1.29 bits per heavy atom. The minimum atomic E-state index is -0.227. The summed E-state index contributed by atoms with van der Waals surface area (Å²) in [4.78, 5) is 11.5. The Hall–Kier alpha value is -2.23. The molecular weight excluding hydrogens is 218 g/mol. The molecule has 0 atom stereocenters. The summed E-state index contributed by atoms with van der Waals surface area (Å²) in [6.07, 6.45) is 2.13. The van der Waals surface area contributed by atoms with Crippen LogP contribution in [0, 0.1) is 0 Å². The third-order valence-corrected chi connectivity index (χ3v) is 2.35. The summed E-state index contributed by atoms with van der Waals surface area (Å²) in [6.45, 7) is 0.503. The van der Waals surface area contributed by atoms with Gasteiger partial charge in [0.2, 0.25) is 0 Å². The predicted molar refractivity (Wildman–Crippen MR) is 62.9 cm³/mol. The quantitative estimate of drug-likeness (QED) is 0.845. The molecule has 2 aromatic rings. The van der Waals surface area contributed by atoms with Crippen molar-refractivity contribution in [2.45, 2.75) is 6.42 Å². The molecule has 0 fully saturated rings. The van der Waals surface area contributed by atoms with Gasteiger partial charge in [-0.1, -0.05) is 12.1 Å². The van der Waals surface area contributed by atoms with Crippen molar-refractivity contribution >= 4 is 5.91 Å². The van der Waals surface area contributed by atoms with Gasteiger partial charge in [-0.15, -0.1) is 0 Å². The molecule has 0 saturated carbocycles. The molecule has 1 amide bonds. The van der Waals surface area contributed by atoms with E-state index >= 15 is 0 Å². The SMILES string of the molecule is O=C(NCCc1cccc(O)c1)c1ccco1. The second kappa shape index (κ2) is 5.21. The van der Waals surface area contributed by atoms with Crippen LogP contribution in [-0.2, 0) is 6.42 Å². The Bertz CT molecular complexity index is 491. The van der Waals surface area contributed by atoms with Gasteiger partial charge in [0.05, 0.1) is 6.26 Å². The third-order valence-electron chi connectivity index (χ3n) is 2.35. The zero-order chi connectivity index (χ0) is 12.1. The van der Waals surface area contributed by atoms with E-state index in [2.05, 4.69) is 5.32 Å². The Kier molecular flexibility index (Phi) is 3.45. The standard InChI is InChI=1S/C13H13NO3/c15-11-4-1-3-10(9-11)6-7-14-13(16)12-5-2-8-17-12/h1-5,8-9,15H,6-7H2,(H,14,16). The monoisotopic (exact) mass is 231 g/mol. The van der Waals surface area contributed by atoms with Gasteiger partial charge in [-0.05, 0) is 36.2 Å². The molecule has 0 bridgehead atoms. The number of hydrogen-bond acceptors (Lipinski definition) is 3. The lowest BCUT2D eigenvalue weighted by molar-refractivity contribution is 0.0926. The first-order valence-electron chi connectivity index (χ1n) is 5.35. The Labute approximate surface area is 98.9 Å². The number of phenolic OH excluding ortho intramolecular Hbond substituents is 1. The molecule has 0 saturated heterocycles. The van der Waals surface area contributed by atoms with E-state index in [0.717, 1.165) is 5.56 Å². The van der Waals surface area contributed by atoms with Crippen molar-refractivity contribution in [1.29, 1.82) is 0 Å². The maximum Gasteiger partial charge on any atom is 0.286 e. The van der Waals surface area contributed by atoms with Crippen LogP contribution in [0.3, 0.4) is 0 Å². The normalized spacial score (nSPS) is 10.1. The lowest BCUT2D eigenvalue weighted by Crippen LogP contribution is -2.25. The number of amides is 1. The lowest BCUT2D eigenvalue weighted by atomic mass is 10.1. The van der Waals surface area contributed by atoms with E-state index < -0.39 is 0 Å². The lowest BCUT2D eigenvalue weighted by Gasteiger charge is -2.03. The van der Waals surface area contributed by atoms with Crippen molar-refractivity contribution in [2.24, 2.45) is 0 Å². The van der Waals surface area contributed by atoms with E-state index in [1.165, 1.54) is 6.26 Å². The maximum absolute atomic E-state index is 11.5. The van der Waals surface area contributed by atoms with Crippen LogP contribution in [-0.4, -0.2) is 17.6 Å². The van der Waals surface area contributed by atoms with Gasteiger partial charge in [-0.25, -0.2) is 0 Å². The van der Waals surface area contributed by atoms with Crippen molar-refractivity contribution in [3.63, 3.8) is 0 Å². The highest BCUT2D eigenvalue weighted by Crippen LogP contribution is 2.10. The highest BCUT2D eigenvalue weighted by atomic mass is 16.3. The minimum Gasteiger partial charge on any atom is -0.508 e. The smallest absolute Gasteiger partial charge is 0.286 e. The molecule has 2 rings (SSSR count). The van der Waals surface area contributed by atoms with Crippen LogP contribution < -0.4 is 5.32 Å². The number of furan rings is 1. The highest BCUT2D eigenvalue weighted by molar-refractivity contribution is 5.91. The molecule has 1 heterocycles. The molecule has 0 radical (unpaired) electrons. The van der Waals surface area contributed by atoms with Gasteiger partial charge < -0.3 is 14.8 Å². The molecule has 1 aromatic carbocycles. The van der Waals surface area contributed by atoms with Gasteiger partial charge in [0.15, 0.2) is 5.76 Å². The first-order chi connectivity index (χ1) is 8.25. The molecule has 0 aliphatic rings. The van der Waals surface area contributed by atoms with Gasteiger partial charge in [0, 0.05) is 6.54 Å². The highest BCUT2D eigenvalue weighted by Gasteiger charge is 2.06. The molecule has 2 N–H and O–H groups in total. The van der Waals surface area contributed by atoms with Crippen LogP contribution in [0.1, 0.15) is 16.1 Å². The van der Waals surface area contributed by atoms with E-state index in [9.17, 15) is 9.90 Å². The van der Waals surface area contributed by atoms with Crippen molar-refractivity contribution in [1.82, 2.24) is 5.32 Å². The summed E-state index contributed by atoms with van der Waals surface area (Å²) in [6, 6.07) is 10.3. The van der Waals surface area contributed by atoms with Crippen LogP contribution in [0.25, 0.3) is 0 Å². The molecule has 0 unspecified atom stereocenters. The van der Waals surface area contributed by atoms with Crippen LogP contribution in [0.4, 0.5) is 0 Å². The predicted octanol–water partition coefficient (Wildman–Crippen LogP) is 1.96. The van der Waals surface area contributed by atoms with Crippen LogP contribution in [0.5, 0.6) is 5.75 Å². The summed E-state index contributed by atoms with van der Waals surface area (Å²) in [5.41, 5.74) is 0.977. The molecule has 17 heavy (non-hydrogen) atoms. The van der Waals surface area contributed by atoms with Gasteiger partial charge >= 0.3 is 0 Å². The Morgan fingerprint density at radius 2 is 2.18 bits per heavy atom. The zero-order valence-corrected chi connectivity index (χ0v) is 9.22. The summed E-state index contributed by atoms with van der Waals surface area (Å²) in [5, 5.41) is 12.0. The average Bonchev–Trinajstić information content (AvgIpc) is 2.82. The first-order valence-corrected chi connectivity index (χ1v) is 5.35. The van der Waals surface area contributed by atoms with Gasteiger partial charge in [-0.2, -0.15) is 0 Å².